The van der Waals surface area contributed by atoms with Gasteiger partial charge in [-0.25, -0.2) is 9.78 Å². The Morgan fingerprint density at radius 2 is 2.20 bits per heavy atom. The first-order valence-electron chi connectivity index (χ1n) is 6.65. The van der Waals surface area contributed by atoms with E-state index >= 15 is 0 Å². The maximum Gasteiger partial charge on any atom is 0.340 e. The summed E-state index contributed by atoms with van der Waals surface area (Å²) in [6, 6.07) is 1.81. The van der Waals surface area contributed by atoms with Crippen molar-refractivity contribution in [2.24, 2.45) is 0 Å². The molecule has 6 heteroatoms. The number of nitrogens with two attached hydrogens (primary N) is 1. The number of ether oxygens (including phenoxy) is 2. The van der Waals surface area contributed by atoms with Crippen LogP contribution in [0.5, 0.6) is 0 Å². The molecule has 1 heterocycles. The van der Waals surface area contributed by atoms with E-state index in [0.29, 0.717) is 30.2 Å². The Balaban J connectivity index is 3.16. The second-order valence-corrected chi connectivity index (χ2v) is 4.53. The molecule has 1 unspecified atom stereocenters. The quantitative estimate of drug-likeness (QED) is 0.766. The number of methoxy groups -OCH3 is 2. The van der Waals surface area contributed by atoms with Crippen LogP contribution in [-0.2, 0) is 9.47 Å². The predicted molar refractivity (Wildman–Crippen MR) is 79.0 cm³/mol. The highest BCUT2D eigenvalue weighted by atomic mass is 16.5. The van der Waals surface area contributed by atoms with E-state index in [-0.39, 0.29) is 6.04 Å². The van der Waals surface area contributed by atoms with Crippen LogP contribution >= 0.6 is 0 Å². The number of hydrogen-bond donors (Lipinski definition) is 1. The highest BCUT2D eigenvalue weighted by molar-refractivity contribution is 5.97. The van der Waals surface area contributed by atoms with E-state index < -0.39 is 5.97 Å². The molecule has 0 saturated carbocycles. The zero-order valence-corrected chi connectivity index (χ0v) is 12.5. The van der Waals surface area contributed by atoms with E-state index in [0.717, 1.165) is 6.42 Å². The van der Waals surface area contributed by atoms with E-state index in [4.69, 9.17) is 15.2 Å². The van der Waals surface area contributed by atoms with Gasteiger partial charge in [0.15, 0.2) is 5.82 Å². The Morgan fingerprint density at radius 3 is 2.75 bits per heavy atom. The molecule has 1 aromatic rings. The Labute approximate surface area is 119 Å². The molecular formula is C14H23N3O3. The number of anilines is 2. The smallest absolute Gasteiger partial charge is 0.340 e. The van der Waals surface area contributed by atoms with Gasteiger partial charge >= 0.3 is 5.97 Å². The molecule has 1 aromatic heterocycles. The van der Waals surface area contributed by atoms with Gasteiger partial charge in [0.2, 0.25) is 0 Å². The molecule has 0 aliphatic carbocycles. The molecule has 0 bridgehead atoms. The van der Waals surface area contributed by atoms with Gasteiger partial charge in [0.05, 0.1) is 25.0 Å². The summed E-state index contributed by atoms with van der Waals surface area (Å²) < 4.78 is 9.86. The molecule has 0 aromatic carbocycles. The Morgan fingerprint density at radius 1 is 1.50 bits per heavy atom. The third kappa shape index (κ3) is 3.60. The molecule has 0 fully saturated rings. The van der Waals surface area contributed by atoms with Gasteiger partial charge in [-0.15, -0.1) is 0 Å². The van der Waals surface area contributed by atoms with Gasteiger partial charge in [-0.3, -0.25) is 0 Å². The van der Waals surface area contributed by atoms with Crippen molar-refractivity contribution in [3.63, 3.8) is 0 Å². The fourth-order valence-electron chi connectivity index (χ4n) is 1.92. The Kier molecular flexibility index (Phi) is 6.24. The molecule has 2 N–H and O–H groups in total. The first-order chi connectivity index (χ1) is 9.56. The van der Waals surface area contributed by atoms with E-state index in [2.05, 4.69) is 18.8 Å². The van der Waals surface area contributed by atoms with Crippen molar-refractivity contribution < 1.29 is 14.3 Å². The van der Waals surface area contributed by atoms with E-state index in [1.807, 2.05) is 4.90 Å². The van der Waals surface area contributed by atoms with Crippen molar-refractivity contribution in [3.05, 3.63) is 17.8 Å². The van der Waals surface area contributed by atoms with Gasteiger partial charge in [0, 0.05) is 25.9 Å². The molecular weight excluding hydrogens is 258 g/mol. The van der Waals surface area contributed by atoms with Crippen LogP contribution < -0.4 is 10.6 Å². The normalized spacial score (nSPS) is 12.0. The number of carbonyl (C=O) groups is 1. The van der Waals surface area contributed by atoms with Gasteiger partial charge in [-0.2, -0.15) is 0 Å². The SMILES string of the molecule is CCC(C)N(CCOC)c1nccc(C(=O)OC)c1N. The molecule has 112 valence electrons. The van der Waals surface area contributed by atoms with Crippen LogP contribution in [0, 0.1) is 0 Å². The highest BCUT2D eigenvalue weighted by Gasteiger charge is 2.21. The molecule has 1 rings (SSSR count). The van der Waals surface area contributed by atoms with Gasteiger partial charge in [0.25, 0.3) is 0 Å². The zero-order chi connectivity index (χ0) is 15.1. The average molecular weight is 281 g/mol. The number of esters is 1. The first kappa shape index (κ1) is 16.2. The molecule has 1 atom stereocenters. The third-order valence-electron chi connectivity index (χ3n) is 3.31. The van der Waals surface area contributed by atoms with Crippen LogP contribution in [0.4, 0.5) is 11.5 Å². The summed E-state index contributed by atoms with van der Waals surface area (Å²) in [4.78, 5) is 18.1. The number of rotatable bonds is 7. The van der Waals surface area contributed by atoms with Gasteiger partial charge in [0.1, 0.15) is 0 Å². The lowest BCUT2D eigenvalue weighted by atomic mass is 10.1. The first-order valence-corrected chi connectivity index (χ1v) is 6.65. The number of nitrogens with zero attached hydrogens (tertiary/aromatic N) is 2. The molecule has 0 saturated heterocycles. The minimum atomic E-state index is -0.456. The summed E-state index contributed by atoms with van der Waals surface area (Å²) >= 11 is 0. The summed E-state index contributed by atoms with van der Waals surface area (Å²) in [6.45, 7) is 5.40. The highest BCUT2D eigenvalue weighted by Crippen LogP contribution is 2.26. The third-order valence-corrected chi connectivity index (χ3v) is 3.31. The minimum Gasteiger partial charge on any atom is -0.465 e. The monoisotopic (exact) mass is 281 g/mol. The fraction of sp³-hybridized carbons (Fsp3) is 0.571. The lowest BCUT2D eigenvalue weighted by molar-refractivity contribution is 0.0602. The number of aromatic nitrogens is 1. The summed E-state index contributed by atoms with van der Waals surface area (Å²) in [7, 11) is 2.98. The second kappa shape index (κ2) is 7.69. The zero-order valence-electron chi connectivity index (χ0n) is 12.5. The van der Waals surface area contributed by atoms with Crippen LogP contribution in [-0.4, -0.2) is 44.4 Å². The molecule has 6 nitrogen and oxygen atoms in total. The topological polar surface area (TPSA) is 77.7 Å². The largest absolute Gasteiger partial charge is 0.465 e. The van der Waals surface area contributed by atoms with Crippen LogP contribution in [0.3, 0.4) is 0 Å². The molecule has 0 spiro atoms. The number of carbonyl (C=O) groups excluding carboxylic acids is 1. The molecule has 0 radical (unpaired) electrons. The van der Waals surface area contributed by atoms with Crippen molar-refractivity contribution in [3.8, 4) is 0 Å². The van der Waals surface area contributed by atoms with Crippen LogP contribution in [0.2, 0.25) is 0 Å². The summed E-state index contributed by atoms with van der Waals surface area (Å²) in [5, 5.41) is 0. The van der Waals surface area contributed by atoms with Crippen molar-refractivity contribution in [1.82, 2.24) is 4.98 Å². The van der Waals surface area contributed by atoms with Gasteiger partial charge in [-0.05, 0) is 19.4 Å². The summed E-state index contributed by atoms with van der Waals surface area (Å²) in [6.07, 6.45) is 2.51. The van der Waals surface area contributed by atoms with Gasteiger partial charge < -0.3 is 20.1 Å². The number of hydrogen-bond acceptors (Lipinski definition) is 6. The average Bonchev–Trinajstić information content (AvgIpc) is 2.47. The van der Waals surface area contributed by atoms with Crippen LogP contribution in [0.15, 0.2) is 12.3 Å². The minimum absolute atomic E-state index is 0.243. The fourth-order valence-corrected chi connectivity index (χ4v) is 1.92. The Hall–Kier alpha value is -1.82. The van der Waals surface area contributed by atoms with Crippen LogP contribution in [0.1, 0.15) is 30.6 Å². The second-order valence-electron chi connectivity index (χ2n) is 4.53. The molecule has 20 heavy (non-hydrogen) atoms. The lowest BCUT2D eigenvalue weighted by Gasteiger charge is -2.30. The molecule has 0 aliphatic rings. The van der Waals surface area contributed by atoms with E-state index in [1.54, 1.807) is 19.4 Å². The van der Waals surface area contributed by atoms with Gasteiger partial charge in [-0.1, -0.05) is 6.92 Å². The number of pyridine rings is 1. The van der Waals surface area contributed by atoms with Crippen molar-refractivity contribution >= 4 is 17.5 Å². The lowest BCUT2D eigenvalue weighted by Crippen LogP contribution is -2.37. The maximum absolute atomic E-state index is 11.7. The predicted octanol–water partition coefficient (Wildman–Crippen LogP) is 1.70. The molecule has 0 aliphatic heterocycles. The Bertz CT molecular complexity index is 451. The number of nitrogen functional groups attached to an aromatic ring is 1. The maximum atomic E-state index is 11.7. The summed E-state index contributed by atoms with van der Waals surface area (Å²) in [5.41, 5.74) is 6.76. The van der Waals surface area contributed by atoms with E-state index in [1.165, 1.54) is 7.11 Å². The van der Waals surface area contributed by atoms with Crippen molar-refractivity contribution in [2.45, 2.75) is 26.3 Å². The van der Waals surface area contributed by atoms with Crippen molar-refractivity contribution in [2.75, 3.05) is 38.0 Å². The van der Waals surface area contributed by atoms with Crippen LogP contribution in [0.25, 0.3) is 0 Å². The standard InChI is InChI=1S/C14H23N3O3/c1-5-10(2)17(8-9-19-3)13-12(15)11(6-7-16-13)14(18)20-4/h6-7,10H,5,8-9,15H2,1-4H3. The molecule has 0 amide bonds. The van der Waals surface area contributed by atoms with Crippen molar-refractivity contribution in [1.29, 1.82) is 0 Å². The summed E-state index contributed by atoms with van der Waals surface area (Å²) in [5.74, 6) is 0.140. The van der Waals surface area contributed by atoms with E-state index in [9.17, 15) is 4.79 Å².